The Hall–Kier alpha value is -1.78. The molecule has 106 valence electrons. The van der Waals surface area contributed by atoms with Crippen LogP contribution in [-0.4, -0.2) is 13.0 Å². The predicted molar refractivity (Wildman–Crippen MR) is 88.6 cm³/mol. The van der Waals surface area contributed by atoms with Gasteiger partial charge in [0.15, 0.2) is 0 Å². The third kappa shape index (κ3) is 2.69. The van der Waals surface area contributed by atoms with Crippen LogP contribution in [0.1, 0.15) is 11.1 Å². The molecule has 0 saturated carbocycles. The first-order chi connectivity index (χ1) is 10.1. The van der Waals surface area contributed by atoms with Crippen LogP contribution in [0.25, 0.3) is 11.6 Å². The number of anilines is 1. The first-order valence-electron chi connectivity index (χ1n) is 6.25. The van der Waals surface area contributed by atoms with Crippen LogP contribution in [-0.2, 0) is 4.79 Å². The molecule has 0 unspecified atom stereocenters. The Kier molecular flexibility index (Phi) is 3.74. The summed E-state index contributed by atoms with van der Waals surface area (Å²) >= 11 is 9.38. The molecule has 0 spiro atoms. The fraction of sp³-hybridized carbons (Fsp3) is 0.0625. The quantitative estimate of drug-likeness (QED) is 0.791. The third-order valence-corrected chi connectivity index (χ3v) is 3.98. The third-order valence-electron chi connectivity index (χ3n) is 3.26. The summed E-state index contributed by atoms with van der Waals surface area (Å²) in [6.45, 7) is 0. The second-order valence-corrected chi connectivity index (χ2v) is 5.94. The van der Waals surface area contributed by atoms with E-state index in [-0.39, 0.29) is 5.91 Å². The van der Waals surface area contributed by atoms with E-state index in [0.717, 1.165) is 21.3 Å². The highest BCUT2D eigenvalue weighted by atomic mass is 79.9. The van der Waals surface area contributed by atoms with Crippen LogP contribution in [0.4, 0.5) is 5.69 Å². The van der Waals surface area contributed by atoms with Gasteiger partial charge in [0.1, 0.15) is 5.75 Å². The molecular weight excluding hydrogens is 354 g/mol. The second kappa shape index (κ2) is 5.54. The summed E-state index contributed by atoms with van der Waals surface area (Å²) in [4.78, 5) is 12.2. The number of methoxy groups -OCH3 is 1. The first-order valence-corrected chi connectivity index (χ1v) is 7.42. The maximum Gasteiger partial charge on any atom is 0.256 e. The number of hydrogen-bond acceptors (Lipinski definition) is 2. The number of ether oxygens (including phenoxy) is 1. The van der Waals surface area contributed by atoms with E-state index in [4.69, 9.17) is 16.3 Å². The lowest BCUT2D eigenvalue weighted by Gasteiger charge is -2.06. The lowest BCUT2D eigenvalue weighted by Crippen LogP contribution is -2.03. The van der Waals surface area contributed by atoms with Crippen molar-refractivity contribution in [2.24, 2.45) is 0 Å². The average molecular weight is 365 g/mol. The molecule has 5 heteroatoms. The van der Waals surface area contributed by atoms with Gasteiger partial charge in [-0.2, -0.15) is 0 Å². The topological polar surface area (TPSA) is 38.3 Å². The highest BCUT2D eigenvalue weighted by Crippen LogP contribution is 2.36. The zero-order valence-corrected chi connectivity index (χ0v) is 13.5. The van der Waals surface area contributed by atoms with Gasteiger partial charge in [0.05, 0.1) is 12.8 Å². The summed E-state index contributed by atoms with van der Waals surface area (Å²) < 4.78 is 6.26. The summed E-state index contributed by atoms with van der Waals surface area (Å²) in [5.74, 6) is 0.565. The number of carbonyl (C=O) groups is 1. The van der Waals surface area contributed by atoms with Crippen molar-refractivity contribution in [2.75, 3.05) is 12.4 Å². The van der Waals surface area contributed by atoms with Gasteiger partial charge in [-0.05, 0) is 36.4 Å². The van der Waals surface area contributed by atoms with Gasteiger partial charge >= 0.3 is 0 Å². The van der Waals surface area contributed by atoms with E-state index in [1.807, 2.05) is 30.3 Å². The molecule has 1 aliphatic heterocycles. The van der Waals surface area contributed by atoms with Gasteiger partial charge in [0, 0.05) is 26.2 Å². The smallest absolute Gasteiger partial charge is 0.256 e. The van der Waals surface area contributed by atoms with E-state index >= 15 is 0 Å². The van der Waals surface area contributed by atoms with Gasteiger partial charge in [0.2, 0.25) is 0 Å². The van der Waals surface area contributed by atoms with Crippen molar-refractivity contribution < 1.29 is 9.53 Å². The molecule has 3 rings (SSSR count). The first kappa shape index (κ1) is 14.2. The highest BCUT2D eigenvalue weighted by molar-refractivity contribution is 9.10. The number of carbonyl (C=O) groups excluding carboxylic acids is 1. The van der Waals surface area contributed by atoms with Crippen molar-refractivity contribution in [3.8, 4) is 5.75 Å². The number of amides is 1. The largest absolute Gasteiger partial charge is 0.496 e. The Labute approximate surface area is 135 Å². The molecule has 2 aromatic carbocycles. The van der Waals surface area contributed by atoms with Crippen LogP contribution >= 0.6 is 27.5 Å². The molecule has 2 aromatic rings. The Morgan fingerprint density at radius 1 is 1.24 bits per heavy atom. The Balaban J connectivity index is 2.13. The molecule has 0 saturated heterocycles. The van der Waals surface area contributed by atoms with Crippen LogP contribution in [0.3, 0.4) is 0 Å². The highest BCUT2D eigenvalue weighted by Gasteiger charge is 2.24. The number of nitrogens with one attached hydrogen (secondary N) is 1. The molecule has 1 aliphatic rings. The van der Waals surface area contributed by atoms with Gasteiger partial charge in [-0.1, -0.05) is 33.6 Å². The van der Waals surface area contributed by atoms with Crippen molar-refractivity contribution in [1.82, 2.24) is 0 Å². The fourth-order valence-corrected chi connectivity index (χ4v) is 2.83. The van der Waals surface area contributed by atoms with Crippen LogP contribution in [0.5, 0.6) is 5.75 Å². The molecule has 0 radical (unpaired) electrons. The molecule has 21 heavy (non-hydrogen) atoms. The minimum Gasteiger partial charge on any atom is -0.496 e. The molecule has 0 aromatic heterocycles. The van der Waals surface area contributed by atoms with E-state index in [9.17, 15) is 4.79 Å². The number of rotatable bonds is 2. The van der Waals surface area contributed by atoms with Crippen molar-refractivity contribution in [3.05, 3.63) is 57.0 Å². The van der Waals surface area contributed by atoms with E-state index in [1.54, 1.807) is 19.2 Å². The predicted octanol–water partition coefficient (Wildman–Crippen LogP) is 4.60. The van der Waals surface area contributed by atoms with Crippen LogP contribution in [0, 0.1) is 0 Å². The number of fused-ring (bicyclic) bond motifs is 1. The lowest BCUT2D eigenvalue weighted by atomic mass is 10.0. The van der Waals surface area contributed by atoms with Crippen LogP contribution < -0.4 is 10.1 Å². The Morgan fingerprint density at radius 3 is 2.81 bits per heavy atom. The maximum atomic E-state index is 12.2. The molecule has 0 fully saturated rings. The van der Waals surface area contributed by atoms with Gasteiger partial charge in [-0.15, -0.1) is 0 Å². The molecule has 0 atom stereocenters. The van der Waals surface area contributed by atoms with E-state index < -0.39 is 0 Å². The minimum absolute atomic E-state index is 0.144. The van der Waals surface area contributed by atoms with Gasteiger partial charge in [0.25, 0.3) is 5.91 Å². The normalized spacial score (nSPS) is 15.0. The van der Waals surface area contributed by atoms with Gasteiger partial charge in [-0.3, -0.25) is 4.79 Å². The SMILES string of the molecule is COc1ccc(Br)cc1/C=C1/C(=O)Nc2cc(Cl)ccc21. The summed E-state index contributed by atoms with van der Waals surface area (Å²) in [6.07, 6.45) is 1.82. The molecule has 0 bridgehead atoms. The van der Waals surface area contributed by atoms with Crippen LogP contribution in [0.15, 0.2) is 40.9 Å². The molecule has 1 amide bonds. The van der Waals surface area contributed by atoms with Gasteiger partial charge in [-0.25, -0.2) is 0 Å². The molecule has 3 nitrogen and oxygen atoms in total. The van der Waals surface area contributed by atoms with Crippen molar-refractivity contribution in [3.63, 3.8) is 0 Å². The summed E-state index contributed by atoms with van der Waals surface area (Å²) in [6, 6.07) is 11.0. The molecule has 1 N–H and O–H groups in total. The monoisotopic (exact) mass is 363 g/mol. The van der Waals surface area contributed by atoms with Gasteiger partial charge < -0.3 is 10.1 Å². The summed E-state index contributed by atoms with van der Waals surface area (Å²) in [5.41, 5.74) is 3.00. The maximum absolute atomic E-state index is 12.2. The summed E-state index contributed by atoms with van der Waals surface area (Å²) in [7, 11) is 1.60. The van der Waals surface area contributed by atoms with Crippen molar-refractivity contribution in [1.29, 1.82) is 0 Å². The standard InChI is InChI=1S/C16H11BrClNO2/c1-21-15-5-2-10(17)6-9(15)7-13-12-4-3-11(18)8-14(12)19-16(13)20/h2-8H,1H3,(H,19,20)/b13-7+. The number of benzene rings is 2. The molecular formula is C16H11BrClNO2. The lowest BCUT2D eigenvalue weighted by molar-refractivity contribution is -0.110. The Morgan fingerprint density at radius 2 is 2.05 bits per heavy atom. The van der Waals surface area contributed by atoms with E-state index in [0.29, 0.717) is 16.3 Å². The fourth-order valence-electron chi connectivity index (χ4n) is 2.28. The van der Waals surface area contributed by atoms with Crippen molar-refractivity contribution in [2.45, 2.75) is 0 Å². The van der Waals surface area contributed by atoms with E-state index in [2.05, 4.69) is 21.2 Å². The molecule has 1 heterocycles. The van der Waals surface area contributed by atoms with Crippen molar-refractivity contribution >= 4 is 50.8 Å². The molecule has 0 aliphatic carbocycles. The summed E-state index contributed by atoms with van der Waals surface area (Å²) in [5, 5.41) is 3.41. The second-order valence-electron chi connectivity index (χ2n) is 4.59. The Bertz CT molecular complexity index is 771. The van der Waals surface area contributed by atoms with E-state index in [1.165, 1.54) is 0 Å². The zero-order valence-electron chi connectivity index (χ0n) is 11.1. The average Bonchev–Trinajstić information content (AvgIpc) is 2.74. The minimum atomic E-state index is -0.144. The van der Waals surface area contributed by atoms with Crippen LogP contribution in [0.2, 0.25) is 5.02 Å². The zero-order chi connectivity index (χ0) is 15.0. The number of hydrogen-bond donors (Lipinski definition) is 1. The number of halogens is 2.